The van der Waals surface area contributed by atoms with Crippen molar-refractivity contribution < 1.29 is 12.8 Å². The van der Waals surface area contributed by atoms with Crippen molar-refractivity contribution in [2.75, 3.05) is 4.72 Å². The third kappa shape index (κ3) is 3.57. The van der Waals surface area contributed by atoms with E-state index in [9.17, 15) is 8.42 Å². The van der Waals surface area contributed by atoms with Gasteiger partial charge in [0.15, 0.2) is 5.58 Å². The van der Waals surface area contributed by atoms with Crippen LogP contribution in [0.15, 0.2) is 76.0 Å². The molecule has 1 aromatic heterocycles. The smallest absolute Gasteiger partial charge is 0.261 e. The first kappa shape index (κ1) is 17.3. The van der Waals surface area contributed by atoms with Crippen LogP contribution in [-0.2, 0) is 10.0 Å². The van der Waals surface area contributed by atoms with Crippen LogP contribution in [0, 0.1) is 13.8 Å². The molecule has 1 N–H and O–H groups in total. The first-order valence-electron chi connectivity index (χ1n) is 8.48. The summed E-state index contributed by atoms with van der Waals surface area (Å²) in [5.41, 5.74) is 4.90. The molecule has 0 fully saturated rings. The van der Waals surface area contributed by atoms with Gasteiger partial charge < -0.3 is 4.42 Å². The second kappa shape index (κ2) is 6.55. The Morgan fingerprint density at radius 1 is 0.852 bits per heavy atom. The van der Waals surface area contributed by atoms with Crippen molar-refractivity contribution in [1.29, 1.82) is 0 Å². The quantitative estimate of drug-likeness (QED) is 0.547. The lowest BCUT2D eigenvalue weighted by atomic mass is 10.2. The van der Waals surface area contributed by atoms with Gasteiger partial charge >= 0.3 is 0 Å². The maximum atomic E-state index is 12.5. The molecule has 4 rings (SSSR count). The van der Waals surface area contributed by atoms with E-state index in [0.29, 0.717) is 11.6 Å². The molecular weight excluding hydrogens is 360 g/mol. The minimum atomic E-state index is -3.62. The first-order valence-corrected chi connectivity index (χ1v) is 9.96. The highest BCUT2D eigenvalue weighted by atomic mass is 32.2. The number of aryl methyl sites for hydroxylation is 2. The number of oxazole rings is 1. The number of hydrogen-bond donors (Lipinski definition) is 1. The summed E-state index contributed by atoms with van der Waals surface area (Å²) in [5.74, 6) is 0.503. The van der Waals surface area contributed by atoms with Crippen molar-refractivity contribution in [3.05, 3.63) is 77.9 Å². The number of rotatable bonds is 4. The Kier molecular flexibility index (Phi) is 4.20. The van der Waals surface area contributed by atoms with Gasteiger partial charge in [-0.25, -0.2) is 13.4 Å². The zero-order valence-corrected chi connectivity index (χ0v) is 15.7. The fourth-order valence-corrected chi connectivity index (χ4v) is 3.83. The Hall–Kier alpha value is -3.12. The summed E-state index contributed by atoms with van der Waals surface area (Å²) in [6, 6.07) is 19.5. The van der Waals surface area contributed by atoms with Gasteiger partial charge in [-0.3, -0.25) is 4.72 Å². The molecule has 0 radical (unpaired) electrons. The fourth-order valence-electron chi connectivity index (χ4n) is 2.77. The average Bonchev–Trinajstić information content (AvgIpc) is 3.05. The van der Waals surface area contributed by atoms with Gasteiger partial charge in [0.1, 0.15) is 5.52 Å². The highest BCUT2D eigenvalue weighted by molar-refractivity contribution is 7.92. The van der Waals surface area contributed by atoms with Gasteiger partial charge in [-0.2, -0.15) is 0 Å². The molecule has 0 amide bonds. The van der Waals surface area contributed by atoms with E-state index in [-0.39, 0.29) is 4.90 Å². The number of anilines is 1. The van der Waals surface area contributed by atoms with E-state index in [1.54, 1.807) is 48.5 Å². The lowest BCUT2D eigenvalue weighted by Gasteiger charge is -2.08. The number of hydrogen-bond acceptors (Lipinski definition) is 4. The summed E-state index contributed by atoms with van der Waals surface area (Å²) in [6.45, 7) is 3.92. The van der Waals surface area contributed by atoms with Gasteiger partial charge in [0.2, 0.25) is 5.89 Å². The molecule has 27 heavy (non-hydrogen) atoms. The maximum Gasteiger partial charge on any atom is 0.261 e. The summed E-state index contributed by atoms with van der Waals surface area (Å²) in [6.07, 6.45) is 0. The van der Waals surface area contributed by atoms with Crippen molar-refractivity contribution in [2.45, 2.75) is 18.7 Å². The average molecular weight is 378 g/mol. The molecule has 0 aliphatic carbocycles. The van der Waals surface area contributed by atoms with E-state index in [1.165, 1.54) is 0 Å². The van der Waals surface area contributed by atoms with Gasteiger partial charge in [0, 0.05) is 11.3 Å². The molecule has 136 valence electrons. The van der Waals surface area contributed by atoms with E-state index >= 15 is 0 Å². The second-order valence-corrected chi connectivity index (χ2v) is 8.17. The zero-order valence-electron chi connectivity index (χ0n) is 14.9. The highest BCUT2D eigenvalue weighted by Gasteiger charge is 2.14. The highest BCUT2D eigenvalue weighted by Crippen LogP contribution is 2.26. The largest absolute Gasteiger partial charge is 0.436 e. The van der Waals surface area contributed by atoms with E-state index in [0.717, 1.165) is 27.8 Å². The monoisotopic (exact) mass is 378 g/mol. The van der Waals surface area contributed by atoms with Crippen LogP contribution in [0.5, 0.6) is 0 Å². The SMILES string of the molecule is Cc1ccc(S(=O)(=O)Nc2ccc(-c3nc4cc(C)ccc4o3)cc2)cc1. The number of sulfonamides is 1. The van der Waals surface area contributed by atoms with Gasteiger partial charge in [-0.15, -0.1) is 0 Å². The number of benzene rings is 3. The van der Waals surface area contributed by atoms with Crippen LogP contribution < -0.4 is 4.72 Å². The standard InChI is InChI=1S/C21H18N2O3S/c1-14-3-10-18(11-4-14)27(24,25)23-17-8-6-16(7-9-17)21-22-19-13-15(2)5-12-20(19)26-21/h3-13,23H,1-2H3. The Labute approximate surface area is 157 Å². The molecule has 0 aliphatic heterocycles. The van der Waals surface area contributed by atoms with Crippen molar-refractivity contribution in [3.8, 4) is 11.5 Å². The summed E-state index contributed by atoms with van der Waals surface area (Å²) in [7, 11) is -3.62. The lowest BCUT2D eigenvalue weighted by Crippen LogP contribution is -2.12. The van der Waals surface area contributed by atoms with Crippen LogP contribution in [-0.4, -0.2) is 13.4 Å². The summed E-state index contributed by atoms with van der Waals surface area (Å²) in [5, 5.41) is 0. The van der Waals surface area contributed by atoms with Crippen LogP contribution in [0.25, 0.3) is 22.6 Å². The van der Waals surface area contributed by atoms with Crippen molar-refractivity contribution in [1.82, 2.24) is 4.98 Å². The number of fused-ring (bicyclic) bond motifs is 1. The molecule has 1 heterocycles. The Bertz CT molecular complexity index is 1210. The Morgan fingerprint density at radius 3 is 2.22 bits per heavy atom. The Morgan fingerprint density at radius 2 is 1.52 bits per heavy atom. The predicted octanol–water partition coefficient (Wildman–Crippen LogP) is 4.91. The third-order valence-corrected chi connectivity index (χ3v) is 5.66. The molecular formula is C21H18N2O3S. The molecule has 0 saturated heterocycles. The summed E-state index contributed by atoms with van der Waals surface area (Å²) in [4.78, 5) is 4.73. The normalized spacial score (nSPS) is 11.6. The topological polar surface area (TPSA) is 72.2 Å². The molecule has 0 bridgehead atoms. The molecule has 4 aromatic rings. The fraction of sp³-hybridized carbons (Fsp3) is 0.0952. The molecule has 3 aromatic carbocycles. The molecule has 0 spiro atoms. The van der Waals surface area contributed by atoms with Crippen LogP contribution in [0.4, 0.5) is 5.69 Å². The van der Waals surface area contributed by atoms with Crippen molar-refractivity contribution in [3.63, 3.8) is 0 Å². The molecule has 6 heteroatoms. The third-order valence-electron chi connectivity index (χ3n) is 4.26. The van der Waals surface area contributed by atoms with E-state index < -0.39 is 10.0 Å². The molecule has 0 saturated carbocycles. The van der Waals surface area contributed by atoms with Crippen LogP contribution in [0.1, 0.15) is 11.1 Å². The first-order chi connectivity index (χ1) is 12.9. The lowest BCUT2D eigenvalue weighted by molar-refractivity contribution is 0.601. The van der Waals surface area contributed by atoms with Crippen molar-refractivity contribution in [2.24, 2.45) is 0 Å². The molecule has 0 unspecified atom stereocenters. The zero-order chi connectivity index (χ0) is 19.0. The van der Waals surface area contributed by atoms with Gasteiger partial charge in [0.05, 0.1) is 4.90 Å². The minimum absolute atomic E-state index is 0.228. The molecule has 0 atom stereocenters. The van der Waals surface area contributed by atoms with Crippen LogP contribution in [0.3, 0.4) is 0 Å². The number of nitrogens with one attached hydrogen (secondary N) is 1. The van der Waals surface area contributed by atoms with Gasteiger partial charge in [-0.05, 0) is 67.9 Å². The minimum Gasteiger partial charge on any atom is -0.436 e. The Balaban J connectivity index is 1.58. The van der Waals surface area contributed by atoms with Crippen molar-refractivity contribution >= 4 is 26.8 Å². The maximum absolute atomic E-state index is 12.5. The second-order valence-electron chi connectivity index (χ2n) is 6.49. The molecule has 0 aliphatic rings. The van der Waals surface area contributed by atoms with E-state index in [2.05, 4.69) is 9.71 Å². The summed E-state index contributed by atoms with van der Waals surface area (Å²) < 4.78 is 33.3. The predicted molar refractivity (Wildman–Crippen MR) is 106 cm³/mol. The molecule has 5 nitrogen and oxygen atoms in total. The van der Waals surface area contributed by atoms with Crippen LogP contribution >= 0.6 is 0 Å². The van der Waals surface area contributed by atoms with E-state index in [1.807, 2.05) is 32.0 Å². The van der Waals surface area contributed by atoms with Gasteiger partial charge in [0.25, 0.3) is 10.0 Å². The van der Waals surface area contributed by atoms with Gasteiger partial charge in [-0.1, -0.05) is 23.8 Å². The number of aromatic nitrogens is 1. The summed E-state index contributed by atoms with van der Waals surface area (Å²) >= 11 is 0. The number of nitrogens with zero attached hydrogens (tertiary/aromatic N) is 1. The van der Waals surface area contributed by atoms with Crippen LogP contribution in [0.2, 0.25) is 0 Å². The van der Waals surface area contributed by atoms with E-state index in [4.69, 9.17) is 4.42 Å².